The van der Waals surface area contributed by atoms with E-state index >= 15 is 0 Å². The van der Waals surface area contributed by atoms with Crippen molar-refractivity contribution in [3.8, 4) is 5.88 Å². The van der Waals surface area contributed by atoms with Crippen LogP contribution in [-0.2, 0) is 9.84 Å². The first-order valence-corrected chi connectivity index (χ1v) is 7.09. The molecule has 0 unspecified atom stereocenters. The second kappa shape index (κ2) is 4.91. The highest BCUT2D eigenvalue weighted by Crippen LogP contribution is 2.18. The molecule has 0 aliphatic heterocycles. The third-order valence-electron chi connectivity index (χ3n) is 2.67. The molecule has 0 fully saturated rings. The molecule has 1 N–H and O–H groups in total. The molecular formula is C11H18N2O3S. The Morgan fingerprint density at radius 2 is 2.12 bits per heavy atom. The highest BCUT2D eigenvalue weighted by molar-refractivity contribution is 7.92. The molecule has 6 heteroatoms. The van der Waals surface area contributed by atoms with Crippen LogP contribution >= 0.6 is 0 Å². The van der Waals surface area contributed by atoms with Crippen LogP contribution in [0.5, 0.6) is 5.88 Å². The van der Waals surface area contributed by atoms with Crippen LogP contribution in [0.2, 0.25) is 0 Å². The Hall–Kier alpha value is -1.30. The number of methoxy groups -OCH3 is 1. The van der Waals surface area contributed by atoms with E-state index in [4.69, 9.17) is 4.74 Å². The minimum Gasteiger partial charge on any atom is -0.481 e. The van der Waals surface area contributed by atoms with Crippen LogP contribution in [0.3, 0.4) is 0 Å². The summed E-state index contributed by atoms with van der Waals surface area (Å²) in [5.41, 5.74) is 0.786. The predicted octanol–water partition coefficient (Wildman–Crippen LogP) is 1.33. The fourth-order valence-corrected chi connectivity index (χ4v) is 1.41. The highest BCUT2D eigenvalue weighted by atomic mass is 32.2. The molecule has 0 saturated carbocycles. The lowest BCUT2D eigenvalue weighted by Crippen LogP contribution is -2.38. The molecule has 1 rings (SSSR count). The zero-order valence-corrected chi connectivity index (χ0v) is 11.3. The Balaban J connectivity index is 2.74. The Morgan fingerprint density at radius 1 is 1.47 bits per heavy atom. The molecule has 0 aliphatic carbocycles. The van der Waals surface area contributed by atoms with Gasteiger partial charge < -0.3 is 10.1 Å². The van der Waals surface area contributed by atoms with Gasteiger partial charge >= 0.3 is 0 Å². The molecule has 0 radical (unpaired) electrons. The van der Waals surface area contributed by atoms with Crippen molar-refractivity contribution in [3.05, 3.63) is 18.3 Å². The van der Waals surface area contributed by atoms with Crippen molar-refractivity contribution in [1.29, 1.82) is 0 Å². The largest absolute Gasteiger partial charge is 0.481 e. The topological polar surface area (TPSA) is 68.3 Å². The SMILES string of the molecule is COc1cc(NCC(C)(C)S(C)(=O)=O)ccn1. The summed E-state index contributed by atoms with van der Waals surface area (Å²) in [6, 6.07) is 3.49. The highest BCUT2D eigenvalue weighted by Gasteiger charge is 2.29. The van der Waals surface area contributed by atoms with Gasteiger partial charge in [-0.2, -0.15) is 0 Å². The summed E-state index contributed by atoms with van der Waals surface area (Å²) < 4.78 is 27.2. The third-order valence-corrected chi connectivity index (χ3v) is 4.82. The van der Waals surface area contributed by atoms with Gasteiger partial charge in [-0.25, -0.2) is 13.4 Å². The van der Waals surface area contributed by atoms with Gasteiger partial charge in [0.1, 0.15) is 0 Å². The molecule has 0 aromatic carbocycles. The first kappa shape index (κ1) is 13.8. The summed E-state index contributed by atoms with van der Waals surface area (Å²) >= 11 is 0. The van der Waals surface area contributed by atoms with E-state index in [0.29, 0.717) is 12.4 Å². The molecule has 0 saturated heterocycles. The molecule has 0 atom stereocenters. The lowest BCUT2D eigenvalue weighted by atomic mass is 10.2. The van der Waals surface area contributed by atoms with Crippen molar-refractivity contribution in [2.24, 2.45) is 0 Å². The Morgan fingerprint density at radius 3 is 2.65 bits per heavy atom. The van der Waals surface area contributed by atoms with E-state index in [1.165, 1.54) is 13.4 Å². The molecule has 0 spiro atoms. The molecule has 1 aromatic heterocycles. The number of hydrogen-bond donors (Lipinski definition) is 1. The molecule has 0 amide bonds. The van der Waals surface area contributed by atoms with Gasteiger partial charge in [0.2, 0.25) is 5.88 Å². The molecule has 0 aliphatic rings. The van der Waals surface area contributed by atoms with Crippen molar-refractivity contribution in [1.82, 2.24) is 4.98 Å². The zero-order chi connectivity index (χ0) is 13.1. The number of nitrogens with zero attached hydrogens (tertiary/aromatic N) is 1. The average molecular weight is 258 g/mol. The molecule has 96 valence electrons. The predicted molar refractivity (Wildman–Crippen MR) is 68.2 cm³/mol. The van der Waals surface area contributed by atoms with Crippen molar-refractivity contribution < 1.29 is 13.2 Å². The van der Waals surface area contributed by atoms with Gasteiger partial charge in [0.15, 0.2) is 9.84 Å². The summed E-state index contributed by atoms with van der Waals surface area (Å²) in [6.45, 7) is 3.71. The fraction of sp³-hybridized carbons (Fsp3) is 0.545. The number of anilines is 1. The quantitative estimate of drug-likeness (QED) is 0.862. The van der Waals surface area contributed by atoms with Crippen molar-refractivity contribution in [2.75, 3.05) is 25.2 Å². The second-order valence-electron chi connectivity index (χ2n) is 4.47. The number of sulfone groups is 1. The van der Waals surface area contributed by atoms with E-state index in [1.807, 2.05) is 0 Å². The Bertz CT molecular complexity index is 483. The fourth-order valence-electron chi connectivity index (χ4n) is 1.08. The van der Waals surface area contributed by atoms with Crippen molar-refractivity contribution in [3.63, 3.8) is 0 Å². The summed E-state index contributed by atoms with van der Waals surface area (Å²) in [5, 5.41) is 3.07. The van der Waals surface area contributed by atoms with E-state index < -0.39 is 14.6 Å². The number of hydrogen-bond acceptors (Lipinski definition) is 5. The number of aromatic nitrogens is 1. The van der Waals surface area contributed by atoms with Gasteiger partial charge in [-0.05, 0) is 19.9 Å². The summed E-state index contributed by atoms with van der Waals surface area (Å²) in [4.78, 5) is 3.97. The first-order chi connectivity index (χ1) is 7.76. The normalized spacial score (nSPS) is 12.2. The van der Waals surface area contributed by atoms with Crippen LogP contribution in [0.25, 0.3) is 0 Å². The van der Waals surface area contributed by atoms with Crippen LogP contribution in [0.4, 0.5) is 5.69 Å². The molecule has 1 heterocycles. The third kappa shape index (κ3) is 3.59. The molecule has 1 aromatic rings. The van der Waals surface area contributed by atoms with Gasteiger partial charge in [0, 0.05) is 30.8 Å². The lowest BCUT2D eigenvalue weighted by molar-refractivity contribution is 0.398. The maximum atomic E-state index is 11.5. The lowest BCUT2D eigenvalue weighted by Gasteiger charge is -2.23. The van der Waals surface area contributed by atoms with E-state index in [1.54, 1.807) is 32.2 Å². The molecular weight excluding hydrogens is 240 g/mol. The number of rotatable bonds is 5. The Labute approximate surface area is 102 Å². The number of ether oxygens (including phenoxy) is 1. The van der Waals surface area contributed by atoms with E-state index in [0.717, 1.165) is 5.69 Å². The van der Waals surface area contributed by atoms with Crippen molar-refractivity contribution in [2.45, 2.75) is 18.6 Å². The van der Waals surface area contributed by atoms with Crippen LogP contribution in [0, 0.1) is 0 Å². The number of pyridine rings is 1. The summed E-state index contributed by atoms with van der Waals surface area (Å²) in [5.74, 6) is 0.493. The maximum Gasteiger partial charge on any atom is 0.214 e. The minimum absolute atomic E-state index is 0.332. The molecule has 17 heavy (non-hydrogen) atoms. The number of nitrogens with one attached hydrogen (secondary N) is 1. The average Bonchev–Trinajstić information content (AvgIpc) is 2.25. The van der Waals surface area contributed by atoms with Gasteiger partial charge in [0.25, 0.3) is 0 Å². The standard InChI is InChI=1S/C11H18N2O3S/c1-11(2,17(4,14)15)8-13-9-5-6-12-10(7-9)16-3/h5-7H,8H2,1-4H3,(H,12,13). The Kier molecular flexibility index (Phi) is 3.98. The zero-order valence-electron chi connectivity index (χ0n) is 10.5. The maximum absolute atomic E-state index is 11.5. The smallest absolute Gasteiger partial charge is 0.214 e. The van der Waals surface area contributed by atoms with Crippen LogP contribution in [0.1, 0.15) is 13.8 Å². The van der Waals surface area contributed by atoms with Gasteiger partial charge in [0.05, 0.1) is 11.9 Å². The van der Waals surface area contributed by atoms with Gasteiger partial charge in [-0.3, -0.25) is 0 Å². The van der Waals surface area contributed by atoms with Crippen LogP contribution in [-0.4, -0.2) is 38.1 Å². The van der Waals surface area contributed by atoms with E-state index in [-0.39, 0.29) is 0 Å². The minimum atomic E-state index is -3.10. The molecule has 0 bridgehead atoms. The van der Waals surface area contributed by atoms with Crippen molar-refractivity contribution >= 4 is 15.5 Å². The first-order valence-electron chi connectivity index (χ1n) is 5.20. The monoisotopic (exact) mass is 258 g/mol. The van der Waals surface area contributed by atoms with E-state index in [2.05, 4.69) is 10.3 Å². The summed E-state index contributed by atoms with van der Waals surface area (Å²) in [6.07, 6.45) is 2.84. The van der Waals surface area contributed by atoms with Crippen LogP contribution < -0.4 is 10.1 Å². The van der Waals surface area contributed by atoms with Gasteiger partial charge in [-0.1, -0.05) is 0 Å². The van der Waals surface area contributed by atoms with Crippen LogP contribution in [0.15, 0.2) is 18.3 Å². The van der Waals surface area contributed by atoms with E-state index in [9.17, 15) is 8.42 Å². The summed E-state index contributed by atoms with van der Waals surface area (Å²) in [7, 11) is -1.56. The second-order valence-corrected chi connectivity index (χ2v) is 7.12. The molecule has 5 nitrogen and oxygen atoms in total. The van der Waals surface area contributed by atoms with Gasteiger partial charge in [-0.15, -0.1) is 0 Å².